The zero-order valence-electron chi connectivity index (χ0n) is 23.7. The maximum Gasteiger partial charge on any atom is 0.244 e. The number of nitrogens with one attached hydrogen (secondary N) is 1. The van der Waals surface area contributed by atoms with Crippen LogP contribution >= 0.6 is 11.6 Å². The molecule has 7 nitrogen and oxygen atoms in total. The van der Waals surface area contributed by atoms with Crippen LogP contribution in [0.15, 0.2) is 72.8 Å². The van der Waals surface area contributed by atoms with Crippen LogP contribution in [0.5, 0.6) is 0 Å². The van der Waals surface area contributed by atoms with E-state index in [1.54, 1.807) is 18.2 Å². The van der Waals surface area contributed by atoms with E-state index < -0.39 is 28.5 Å². The third kappa shape index (κ3) is 8.32. The maximum atomic E-state index is 14.2. The predicted octanol–water partition coefficient (Wildman–Crippen LogP) is 5.28. The highest BCUT2D eigenvalue weighted by Crippen LogP contribution is 2.27. The van der Waals surface area contributed by atoms with Gasteiger partial charge in [0.1, 0.15) is 12.6 Å². The zero-order valence-corrected chi connectivity index (χ0v) is 25.3. The monoisotopic (exact) mass is 583 g/mol. The van der Waals surface area contributed by atoms with Crippen LogP contribution < -0.4 is 9.62 Å². The fraction of sp³-hybridized carbons (Fsp3) is 0.355. The van der Waals surface area contributed by atoms with E-state index in [4.69, 9.17) is 11.6 Å². The van der Waals surface area contributed by atoms with E-state index in [-0.39, 0.29) is 24.9 Å². The van der Waals surface area contributed by atoms with Gasteiger partial charge >= 0.3 is 0 Å². The lowest BCUT2D eigenvalue weighted by atomic mass is 10.0. The molecule has 2 amide bonds. The first-order chi connectivity index (χ1) is 18.9. The SMILES string of the molecule is CC[C@@H](C)NC(=O)[C@@H](Cc1ccccc1)N(Cc1cccc(Cl)c1)C(=O)CN(c1c(C)cccc1C)S(C)(=O)=O. The number of carbonyl (C=O) groups excluding carboxylic acids is 2. The summed E-state index contributed by atoms with van der Waals surface area (Å²) in [5, 5.41) is 3.53. The highest BCUT2D eigenvalue weighted by atomic mass is 35.5. The number of hydrogen-bond donors (Lipinski definition) is 1. The van der Waals surface area contributed by atoms with Crippen LogP contribution in [0.3, 0.4) is 0 Å². The van der Waals surface area contributed by atoms with Crippen LogP contribution in [0, 0.1) is 13.8 Å². The molecule has 0 unspecified atom stereocenters. The summed E-state index contributed by atoms with van der Waals surface area (Å²) in [4.78, 5) is 29.4. The first kappa shape index (κ1) is 31.2. The van der Waals surface area contributed by atoms with Gasteiger partial charge in [-0.25, -0.2) is 8.42 Å². The number of hydrogen-bond acceptors (Lipinski definition) is 4. The van der Waals surface area contributed by atoms with Crippen LogP contribution in [-0.2, 0) is 32.6 Å². The lowest BCUT2D eigenvalue weighted by Gasteiger charge is -2.34. The molecule has 3 aromatic carbocycles. The normalized spacial score (nSPS) is 12.8. The van der Waals surface area contributed by atoms with Crippen molar-refractivity contribution in [1.29, 1.82) is 0 Å². The second kappa shape index (κ2) is 13.8. The Balaban J connectivity index is 2.10. The quantitative estimate of drug-likeness (QED) is 0.314. The standard InChI is InChI=1S/C31H38ClN3O4S/c1-6-24(4)33-31(37)28(19-25-14-8-7-9-15-25)34(20-26-16-11-17-27(32)18-26)29(36)21-35(40(5,38)39)30-22(2)12-10-13-23(30)3/h7-18,24,28H,6,19-21H2,1-5H3,(H,33,37)/t24-,28-/m1/s1. The summed E-state index contributed by atoms with van der Waals surface area (Å²) in [7, 11) is -3.83. The highest BCUT2D eigenvalue weighted by molar-refractivity contribution is 7.92. The number of amides is 2. The summed E-state index contributed by atoms with van der Waals surface area (Å²) in [5.74, 6) is -0.792. The van der Waals surface area contributed by atoms with Crippen molar-refractivity contribution in [3.8, 4) is 0 Å². The fourth-order valence-electron chi connectivity index (χ4n) is 4.60. The van der Waals surface area contributed by atoms with Crippen molar-refractivity contribution in [3.05, 3.63) is 100 Å². The molecule has 0 fully saturated rings. The highest BCUT2D eigenvalue weighted by Gasteiger charge is 2.34. The average molecular weight is 584 g/mol. The van der Waals surface area contributed by atoms with Gasteiger partial charge in [-0.15, -0.1) is 0 Å². The summed E-state index contributed by atoms with van der Waals surface area (Å²) in [6.07, 6.45) is 2.07. The minimum absolute atomic E-state index is 0.0785. The maximum absolute atomic E-state index is 14.2. The van der Waals surface area contributed by atoms with E-state index in [0.29, 0.717) is 10.7 Å². The fourth-order valence-corrected chi connectivity index (χ4v) is 5.78. The van der Waals surface area contributed by atoms with Gasteiger partial charge in [0, 0.05) is 24.0 Å². The van der Waals surface area contributed by atoms with Crippen LogP contribution in [0.1, 0.15) is 42.5 Å². The van der Waals surface area contributed by atoms with Crippen molar-refractivity contribution in [1.82, 2.24) is 10.2 Å². The third-order valence-corrected chi connectivity index (χ3v) is 8.23. The Labute approximate surface area is 243 Å². The van der Waals surface area contributed by atoms with Crippen molar-refractivity contribution in [2.75, 3.05) is 17.1 Å². The molecule has 0 saturated carbocycles. The predicted molar refractivity (Wildman–Crippen MR) is 162 cm³/mol. The zero-order chi connectivity index (χ0) is 29.4. The van der Waals surface area contributed by atoms with E-state index in [1.165, 1.54) is 4.90 Å². The molecule has 9 heteroatoms. The van der Waals surface area contributed by atoms with Crippen LogP contribution in [0.2, 0.25) is 5.02 Å². The molecule has 0 saturated heterocycles. The van der Waals surface area contributed by atoms with E-state index in [0.717, 1.165) is 39.2 Å². The molecular formula is C31H38ClN3O4S. The number of sulfonamides is 1. The van der Waals surface area contributed by atoms with E-state index in [1.807, 2.05) is 82.3 Å². The van der Waals surface area contributed by atoms with Gasteiger partial charge in [0.2, 0.25) is 21.8 Å². The molecule has 0 aliphatic heterocycles. The Morgan fingerprint density at radius 3 is 2.10 bits per heavy atom. The van der Waals surface area contributed by atoms with Crippen LogP contribution in [0.4, 0.5) is 5.69 Å². The third-order valence-electron chi connectivity index (χ3n) is 6.88. The molecular weight excluding hydrogens is 546 g/mol. The van der Waals surface area contributed by atoms with Crippen molar-refractivity contribution < 1.29 is 18.0 Å². The number of benzene rings is 3. The van der Waals surface area contributed by atoms with Gasteiger partial charge in [0.15, 0.2) is 0 Å². The minimum atomic E-state index is -3.83. The smallest absolute Gasteiger partial charge is 0.244 e. The number of halogens is 1. The first-order valence-electron chi connectivity index (χ1n) is 13.3. The lowest BCUT2D eigenvalue weighted by molar-refractivity contribution is -0.140. The number of para-hydroxylation sites is 1. The first-order valence-corrected chi connectivity index (χ1v) is 15.6. The molecule has 214 valence electrons. The van der Waals surface area contributed by atoms with Crippen molar-refractivity contribution in [2.24, 2.45) is 0 Å². The summed E-state index contributed by atoms with van der Waals surface area (Å²) >= 11 is 6.26. The molecule has 0 aliphatic rings. The van der Waals surface area contributed by atoms with E-state index >= 15 is 0 Å². The molecule has 0 radical (unpaired) electrons. The molecule has 0 aromatic heterocycles. The number of anilines is 1. The van der Waals surface area contributed by atoms with Crippen molar-refractivity contribution in [3.63, 3.8) is 0 Å². The second-order valence-corrected chi connectivity index (χ2v) is 12.5. The van der Waals surface area contributed by atoms with Gasteiger partial charge in [-0.05, 0) is 61.6 Å². The summed E-state index contributed by atoms with van der Waals surface area (Å²) in [6, 6.07) is 21.0. The number of carbonyl (C=O) groups is 2. The Morgan fingerprint density at radius 2 is 1.52 bits per heavy atom. The van der Waals surface area contributed by atoms with Gasteiger partial charge < -0.3 is 10.2 Å². The molecule has 0 spiro atoms. The Bertz CT molecular complexity index is 1410. The molecule has 0 heterocycles. The van der Waals surface area contributed by atoms with E-state index in [2.05, 4.69) is 5.32 Å². The number of aryl methyl sites for hydroxylation is 2. The van der Waals surface area contributed by atoms with E-state index in [9.17, 15) is 18.0 Å². The molecule has 3 aromatic rings. The summed E-state index contributed by atoms with van der Waals surface area (Å²) < 4.78 is 27.2. The molecule has 2 atom stereocenters. The Morgan fingerprint density at radius 1 is 0.925 bits per heavy atom. The van der Waals surface area contributed by atoms with Crippen LogP contribution in [-0.4, -0.2) is 50.0 Å². The van der Waals surface area contributed by atoms with Gasteiger partial charge in [0.25, 0.3) is 0 Å². The Hall–Kier alpha value is -3.36. The minimum Gasteiger partial charge on any atom is -0.352 e. The van der Waals surface area contributed by atoms with Gasteiger partial charge in [-0.2, -0.15) is 0 Å². The molecule has 0 bridgehead atoms. The largest absolute Gasteiger partial charge is 0.352 e. The van der Waals surface area contributed by atoms with Crippen LogP contribution in [0.25, 0.3) is 0 Å². The van der Waals surface area contributed by atoms with Gasteiger partial charge in [0.05, 0.1) is 11.9 Å². The lowest BCUT2D eigenvalue weighted by Crippen LogP contribution is -2.54. The molecule has 40 heavy (non-hydrogen) atoms. The van der Waals surface area contributed by atoms with Crippen molar-refractivity contribution >= 4 is 39.1 Å². The second-order valence-electron chi connectivity index (χ2n) is 10.2. The average Bonchev–Trinajstić information content (AvgIpc) is 2.89. The Kier molecular flexibility index (Phi) is 10.8. The number of nitrogens with zero attached hydrogens (tertiary/aromatic N) is 2. The number of rotatable bonds is 12. The van der Waals surface area contributed by atoms with Crippen molar-refractivity contribution in [2.45, 2.75) is 59.2 Å². The topological polar surface area (TPSA) is 86.8 Å². The van der Waals surface area contributed by atoms with Gasteiger partial charge in [-0.1, -0.05) is 79.2 Å². The summed E-state index contributed by atoms with van der Waals surface area (Å²) in [5.41, 5.74) is 3.54. The molecule has 1 N–H and O–H groups in total. The van der Waals surface area contributed by atoms with Gasteiger partial charge in [-0.3, -0.25) is 13.9 Å². The summed E-state index contributed by atoms with van der Waals surface area (Å²) in [6.45, 7) is 7.13. The molecule has 3 rings (SSSR count). The molecule has 0 aliphatic carbocycles.